The van der Waals surface area contributed by atoms with Crippen LogP contribution in [0.3, 0.4) is 0 Å². The molecular formula is C12H18ClNO3. The fourth-order valence-electron chi connectivity index (χ4n) is 1.61. The largest absolute Gasteiger partial charge is 0.506 e. The van der Waals surface area contributed by atoms with E-state index in [-0.39, 0.29) is 10.8 Å². The topological polar surface area (TPSA) is 72.7 Å². The van der Waals surface area contributed by atoms with Gasteiger partial charge in [0, 0.05) is 0 Å². The predicted molar refractivity (Wildman–Crippen MR) is 67.4 cm³/mol. The van der Waals surface area contributed by atoms with E-state index in [2.05, 4.69) is 5.32 Å². The SMILES string of the molecule is CNCCC(O)C(O)c1cc(C)c(O)c(Cl)c1. The van der Waals surface area contributed by atoms with E-state index in [0.717, 1.165) is 0 Å². The maximum atomic E-state index is 9.94. The summed E-state index contributed by atoms with van der Waals surface area (Å²) < 4.78 is 0. The van der Waals surface area contributed by atoms with Crippen molar-refractivity contribution < 1.29 is 15.3 Å². The van der Waals surface area contributed by atoms with Crippen molar-refractivity contribution in [2.75, 3.05) is 13.6 Å². The number of aromatic hydroxyl groups is 1. The summed E-state index contributed by atoms with van der Waals surface area (Å²) in [7, 11) is 1.78. The number of aryl methyl sites for hydroxylation is 1. The quantitative estimate of drug-likeness (QED) is 0.644. The van der Waals surface area contributed by atoms with Crippen LogP contribution >= 0.6 is 11.6 Å². The fraction of sp³-hybridized carbons (Fsp3) is 0.500. The Morgan fingerprint density at radius 3 is 2.53 bits per heavy atom. The summed E-state index contributed by atoms with van der Waals surface area (Å²) in [6.07, 6.45) is -1.42. The molecule has 1 aromatic carbocycles. The van der Waals surface area contributed by atoms with E-state index in [4.69, 9.17) is 11.6 Å². The molecule has 0 bridgehead atoms. The number of hydrogen-bond acceptors (Lipinski definition) is 4. The molecule has 0 aliphatic heterocycles. The molecule has 2 unspecified atom stereocenters. The van der Waals surface area contributed by atoms with Crippen LogP contribution < -0.4 is 5.32 Å². The highest BCUT2D eigenvalue weighted by Crippen LogP contribution is 2.31. The van der Waals surface area contributed by atoms with Gasteiger partial charge >= 0.3 is 0 Å². The molecule has 0 aromatic heterocycles. The average Bonchev–Trinajstić information content (AvgIpc) is 2.31. The first-order valence-electron chi connectivity index (χ1n) is 5.47. The summed E-state index contributed by atoms with van der Waals surface area (Å²) in [6.45, 7) is 2.31. The molecule has 4 N–H and O–H groups in total. The molecule has 0 saturated carbocycles. The van der Waals surface area contributed by atoms with Gasteiger partial charge in [-0.15, -0.1) is 0 Å². The molecule has 2 atom stereocenters. The number of aliphatic hydroxyl groups excluding tert-OH is 2. The van der Waals surface area contributed by atoms with Gasteiger partial charge in [0.2, 0.25) is 0 Å². The number of phenols is 1. The first-order valence-corrected chi connectivity index (χ1v) is 5.85. The molecule has 0 heterocycles. The zero-order valence-corrected chi connectivity index (χ0v) is 10.7. The van der Waals surface area contributed by atoms with Crippen LogP contribution in [0.5, 0.6) is 5.75 Å². The van der Waals surface area contributed by atoms with Crippen LogP contribution in [0, 0.1) is 6.92 Å². The third kappa shape index (κ3) is 3.57. The smallest absolute Gasteiger partial charge is 0.137 e. The normalized spacial score (nSPS) is 14.6. The Morgan fingerprint density at radius 1 is 1.35 bits per heavy atom. The number of rotatable bonds is 5. The maximum absolute atomic E-state index is 9.94. The second kappa shape index (κ2) is 6.21. The van der Waals surface area contributed by atoms with Crippen LogP contribution in [-0.4, -0.2) is 35.0 Å². The highest BCUT2D eigenvalue weighted by molar-refractivity contribution is 6.32. The summed E-state index contributed by atoms with van der Waals surface area (Å²) in [5, 5.41) is 32.3. The van der Waals surface area contributed by atoms with Crippen LogP contribution in [0.2, 0.25) is 5.02 Å². The molecule has 0 fully saturated rings. The Labute approximate surface area is 106 Å². The lowest BCUT2D eigenvalue weighted by atomic mass is 10.00. The van der Waals surface area contributed by atoms with Gasteiger partial charge < -0.3 is 20.6 Å². The van der Waals surface area contributed by atoms with Gasteiger partial charge in [0.25, 0.3) is 0 Å². The summed E-state index contributed by atoms with van der Waals surface area (Å²) in [6, 6.07) is 3.09. The second-order valence-electron chi connectivity index (χ2n) is 4.07. The van der Waals surface area contributed by atoms with E-state index < -0.39 is 12.2 Å². The number of aliphatic hydroxyl groups is 2. The number of nitrogens with one attached hydrogen (secondary N) is 1. The van der Waals surface area contributed by atoms with Gasteiger partial charge in [-0.25, -0.2) is 0 Å². The van der Waals surface area contributed by atoms with Gasteiger partial charge in [0.05, 0.1) is 11.1 Å². The van der Waals surface area contributed by atoms with Crippen molar-refractivity contribution in [2.24, 2.45) is 0 Å². The minimum absolute atomic E-state index is 0.00679. The van der Waals surface area contributed by atoms with Crippen molar-refractivity contribution >= 4 is 11.6 Å². The first-order chi connectivity index (χ1) is 7.97. The molecular weight excluding hydrogens is 242 g/mol. The fourth-order valence-corrected chi connectivity index (χ4v) is 1.88. The second-order valence-corrected chi connectivity index (χ2v) is 4.48. The third-order valence-corrected chi connectivity index (χ3v) is 2.96. The van der Waals surface area contributed by atoms with Crippen molar-refractivity contribution in [1.29, 1.82) is 0 Å². The Hall–Kier alpha value is -0.810. The molecule has 0 radical (unpaired) electrons. The average molecular weight is 260 g/mol. The molecule has 4 nitrogen and oxygen atoms in total. The third-order valence-electron chi connectivity index (χ3n) is 2.67. The summed E-state index contributed by atoms with van der Waals surface area (Å²) >= 11 is 5.82. The lowest BCUT2D eigenvalue weighted by Crippen LogP contribution is -2.23. The van der Waals surface area contributed by atoms with Gasteiger partial charge in [-0.2, -0.15) is 0 Å². The monoisotopic (exact) mass is 259 g/mol. The number of phenolic OH excluding ortho intramolecular Hbond substituents is 1. The highest BCUT2D eigenvalue weighted by Gasteiger charge is 2.19. The Balaban J connectivity index is 2.85. The summed E-state index contributed by atoms with van der Waals surface area (Å²) in [5.74, 6) is 0.00679. The number of halogens is 1. The van der Waals surface area contributed by atoms with Crippen LogP contribution in [0.4, 0.5) is 0 Å². The van der Waals surface area contributed by atoms with E-state index in [1.54, 1.807) is 20.0 Å². The van der Waals surface area contributed by atoms with Crippen LogP contribution in [0.15, 0.2) is 12.1 Å². The van der Waals surface area contributed by atoms with Crippen LogP contribution in [-0.2, 0) is 0 Å². The van der Waals surface area contributed by atoms with E-state index in [9.17, 15) is 15.3 Å². The van der Waals surface area contributed by atoms with Crippen LogP contribution in [0.1, 0.15) is 23.7 Å². The van der Waals surface area contributed by atoms with E-state index in [1.807, 2.05) is 0 Å². The molecule has 1 aromatic rings. The lowest BCUT2D eigenvalue weighted by molar-refractivity contribution is 0.0140. The summed E-state index contributed by atoms with van der Waals surface area (Å²) in [5.41, 5.74) is 1.08. The van der Waals surface area contributed by atoms with Crippen molar-refractivity contribution in [3.8, 4) is 5.75 Å². The first kappa shape index (κ1) is 14.3. The van der Waals surface area contributed by atoms with Crippen LogP contribution in [0.25, 0.3) is 0 Å². The Kier molecular flexibility index (Phi) is 5.21. The highest BCUT2D eigenvalue weighted by atomic mass is 35.5. The molecule has 0 aliphatic carbocycles. The van der Waals surface area contributed by atoms with Gasteiger partial charge in [0.15, 0.2) is 0 Å². The van der Waals surface area contributed by atoms with E-state index in [0.29, 0.717) is 24.1 Å². The summed E-state index contributed by atoms with van der Waals surface area (Å²) in [4.78, 5) is 0. The predicted octanol–water partition coefficient (Wildman–Crippen LogP) is 1.36. The van der Waals surface area contributed by atoms with Gasteiger partial charge in [0.1, 0.15) is 11.9 Å². The minimum Gasteiger partial charge on any atom is -0.506 e. The molecule has 5 heteroatoms. The van der Waals surface area contributed by atoms with Crippen molar-refractivity contribution in [1.82, 2.24) is 5.32 Å². The zero-order chi connectivity index (χ0) is 13.0. The van der Waals surface area contributed by atoms with Gasteiger partial charge in [-0.3, -0.25) is 0 Å². The molecule has 17 heavy (non-hydrogen) atoms. The van der Waals surface area contributed by atoms with Crippen molar-refractivity contribution in [3.05, 3.63) is 28.3 Å². The molecule has 96 valence electrons. The molecule has 0 aliphatic rings. The minimum atomic E-state index is -1.000. The number of benzene rings is 1. The Bertz CT molecular complexity index is 361. The lowest BCUT2D eigenvalue weighted by Gasteiger charge is -2.19. The standard InChI is InChI=1S/C12H18ClNO3/c1-7-5-8(6-9(13)11(7)16)12(17)10(15)3-4-14-2/h5-6,10,12,14-17H,3-4H2,1-2H3. The zero-order valence-electron chi connectivity index (χ0n) is 9.94. The van der Waals surface area contributed by atoms with E-state index >= 15 is 0 Å². The molecule has 1 rings (SSSR count). The molecule has 0 saturated heterocycles. The number of hydrogen-bond donors (Lipinski definition) is 4. The molecule has 0 spiro atoms. The van der Waals surface area contributed by atoms with Crippen molar-refractivity contribution in [2.45, 2.75) is 25.6 Å². The Morgan fingerprint density at radius 2 is 2.00 bits per heavy atom. The molecule has 0 amide bonds. The van der Waals surface area contributed by atoms with Gasteiger partial charge in [-0.1, -0.05) is 11.6 Å². The van der Waals surface area contributed by atoms with Crippen molar-refractivity contribution in [3.63, 3.8) is 0 Å². The van der Waals surface area contributed by atoms with E-state index in [1.165, 1.54) is 6.07 Å². The van der Waals surface area contributed by atoms with Gasteiger partial charge in [-0.05, 0) is 50.2 Å². The maximum Gasteiger partial charge on any atom is 0.137 e.